The zero-order chi connectivity index (χ0) is 18.1. The number of aromatic nitrogens is 4. The summed E-state index contributed by atoms with van der Waals surface area (Å²) in [5.41, 5.74) is 1.65. The van der Waals surface area contributed by atoms with E-state index in [0.717, 1.165) is 53.0 Å². The van der Waals surface area contributed by atoms with Gasteiger partial charge in [-0.25, -0.2) is 4.98 Å². The highest BCUT2D eigenvalue weighted by molar-refractivity contribution is 9.10. The van der Waals surface area contributed by atoms with Gasteiger partial charge in [0, 0.05) is 22.1 Å². The molecule has 2 N–H and O–H groups in total. The lowest BCUT2D eigenvalue weighted by Crippen LogP contribution is -2.29. The Kier molecular flexibility index (Phi) is 4.78. The molecule has 8 heteroatoms. The van der Waals surface area contributed by atoms with Crippen LogP contribution in [0.5, 0.6) is 5.75 Å². The van der Waals surface area contributed by atoms with Crippen LogP contribution in [0, 0.1) is 0 Å². The minimum Gasteiger partial charge on any atom is -0.496 e. The summed E-state index contributed by atoms with van der Waals surface area (Å²) in [5, 5.41) is 17.6. The van der Waals surface area contributed by atoms with E-state index in [4.69, 9.17) is 4.74 Å². The van der Waals surface area contributed by atoms with Gasteiger partial charge in [0.15, 0.2) is 0 Å². The maximum absolute atomic E-state index is 9.72. The number of hydrogen-bond donors (Lipinski definition) is 2. The maximum atomic E-state index is 9.72. The van der Waals surface area contributed by atoms with E-state index in [1.54, 1.807) is 11.6 Å². The van der Waals surface area contributed by atoms with E-state index >= 15 is 0 Å². The van der Waals surface area contributed by atoms with E-state index in [1.807, 2.05) is 24.3 Å². The predicted octanol–water partition coefficient (Wildman–Crippen LogP) is 3.28. The first-order valence-corrected chi connectivity index (χ1v) is 9.42. The van der Waals surface area contributed by atoms with Crippen molar-refractivity contribution < 1.29 is 9.84 Å². The Balaban J connectivity index is 1.74. The maximum Gasteiger partial charge on any atom is 0.254 e. The molecular formula is C18H20BrN5O2. The van der Waals surface area contributed by atoms with Crippen LogP contribution in [-0.2, 0) is 0 Å². The normalized spacial score (nSPS) is 20.3. The molecule has 1 aliphatic carbocycles. The third kappa shape index (κ3) is 3.39. The van der Waals surface area contributed by atoms with Gasteiger partial charge in [-0.3, -0.25) is 0 Å². The first-order chi connectivity index (χ1) is 12.6. The summed E-state index contributed by atoms with van der Waals surface area (Å²) in [6.45, 7) is 0. The Morgan fingerprint density at radius 1 is 1.23 bits per heavy atom. The van der Waals surface area contributed by atoms with Crippen LogP contribution in [0.15, 0.2) is 35.1 Å². The Hall–Kier alpha value is -2.19. The summed E-state index contributed by atoms with van der Waals surface area (Å²) in [6.07, 6.45) is 4.80. The smallest absolute Gasteiger partial charge is 0.254 e. The molecule has 0 spiro atoms. The summed E-state index contributed by atoms with van der Waals surface area (Å²) in [4.78, 5) is 8.89. The number of aliphatic hydroxyl groups excluding tert-OH is 1. The number of halogens is 1. The lowest BCUT2D eigenvalue weighted by Gasteiger charge is -2.27. The van der Waals surface area contributed by atoms with E-state index < -0.39 is 0 Å². The molecule has 7 nitrogen and oxygen atoms in total. The number of aliphatic hydroxyl groups is 1. The lowest BCUT2D eigenvalue weighted by molar-refractivity contribution is 0.126. The van der Waals surface area contributed by atoms with Gasteiger partial charge in [0.25, 0.3) is 5.78 Å². The van der Waals surface area contributed by atoms with Gasteiger partial charge in [-0.15, -0.1) is 0 Å². The second-order valence-electron chi connectivity index (χ2n) is 6.49. The van der Waals surface area contributed by atoms with Crippen LogP contribution in [-0.4, -0.2) is 43.9 Å². The molecule has 1 aromatic carbocycles. The van der Waals surface area contributed by atoms with Gasteiger partial charge in [0.05, 0.1) is 18.9 Å². The average molecular weight is 418 g/mol. The van der Waals surface area contributed by atoms with Crippen LogP contribution in [0.3, 0.4) is 0 Å². The van der Waals surface area contributed by atoms with Crippen LogP contribution >= 0.6 is 15.9 Å². The summed E-state index contributed by atoms with van der Waals surface area (Å²) in [5.74, 6) is 2.12. The highest BCUT2D eigenvalue weighted by Gasteiger charge is 2.21. The van der Waals surface area contributed by atoms with Gasteiger partial charge in [-0.05, 0) is 43.9 Å². The fourth-order valence-corrected chi connectivity index (χ4v) is 3.72. The number of nitrogens with one attached hydrogen (secondary N) is 1. The molecule has 1 aliphatic rings. The van der Waals surface area contributed by atoms with E-state index in [9.17, 15) is 5.11 Å². The minimum atomic E-state index is -0.182. The number of benzene rings is 1. The Bertz CT molecular complexity index is 921. The Labute approximate surface area is 159 Å². The van der Waals surface area contributed by atoms with Crippen molar-refractivity contribution in [2.75, 3.05) is 12.4 Å². The zero-order valence-corrected chi connectivity index (χ0v) is 16.0. The van der Waals surface area contributed by atoms with E-state index in [0.29, 0.717) is 11.8 Å². The summed E-state index contributed by atoms with van der Waals surface area (Å²) in [7, 11) is 1.65. The van der Waals surface area contributed by atoms with Crippen LogP contribution in [0.25, 0.3) is 17.0 Å². The molecule has 0 amide bonds. The summed E-state index contributed by atoms with van der Waals surface area (Å²) in [6, 6.07) is 8.09. The molecule has 0 aliphatic heterocycles. The third-order valence-corrected chi connectivity index (χ3v) is 5.23. The number of anilines is 1. The number of hydrogen-bond acceptors (Lipinski definition) is 6. The second kappa shape index (κ2) is 7.20. The predicted molar refractivity (Wildman–Crippen MR) is 102 cm³/mol. The SMILES string of the molecule is COc1ccc(Br)cc1-c1cc(NC2CCC(O)CC2)n2ncnc2n1. The highest BCUT2D eigenvalue weighted by Crippen LogP contribution is 2.33. The van der Waals surface area contributed by atoms with E-state index in [2.05, 4.69) is 36.3 Å². The molecule has 0 atom stereocenters. The quantitative estimate of drug-likeness (QED) is 0.677. The highest BCUT2D eigenvalue weighted by atomic mass is 79.9. The molecule has 1 saturated carbocycles. The molecular weight excluding hydrogens is 398 g/mol. The van der Waals surface area contributed by atoms with Gasteiger partial charge >= 0.3 is 0 Å². The zero-order valence-electron chi connectivity index (χ0n) is 14.4. The van der Waals surface area contributed by atoms with Gasteiger partial charge < -0.3 is 15.2 Å². The molecule has 136 valence electrons. The van der Waals surface area contributed by atoms with Gasteiger partial charge in [0.1, 0.15) is 17.9 Å². The first-order valence-electron chi connectivity index (χ1n) is 8.63. The fourth-order valence-electron chi connectivity index (χ4n) is 3.36. The topological polar surface area (TPSA) is 84.6 Å². The molecule has 4 rings (SSSR count). The van der Waals surface area contributed by atoms with Crippen molar-refractivity contribution in [1.29, 1.82) is 0 Å². The van der Waals surface area contributed by atoms with Crippen LogP contribution < -0.4 is 10.1 Å². The van der Waals surface area contributed by atoms with Crippen molar-refractivity contribution in [2.24, 2.45) is 0 Å². The van der Waals surface area contributed by atoms with Crippen LogP contribution in [0.4, 0.5) is 5.82 Å². The number of fused-ring (bicyclic) bond motifs is 1. The van der Waals surface area contributed by atoms with Gasteiger partial charge in [-0.2, -0.15) is 14.6 Å². The van der Waals surface area contributed by atoms with E-state index in [-0.39, 0.29) is 6.10 Å². The standard InChI is InChI=1S/C18H20BrN5O2/c1-26-16-7-2-11(19)8-14(16)15-9-17(24-18(23-15)20-10-21-24)22-12-3-5-13(25)6-4-12/h2,7-10,12-13,22,25H,3-6H2,1H3. The molecule has 1 fully saturated rings. The van der Waals surface area contributed by atoms with Crippen LogP contribution in [0.1, 0.15) is 25.7 Å². The van der Waals surface area contributed by atoms with Crippen molar-refractivity contribution >= 4 is 27.5 Å². The monoisotopic (exact) mass is 417 g/mol. The third-order valence-electron chi connectivity index (χ3n) is 4.74. The number of rotatable bonds is 4. The number of ether oxygens (including phenoxy) is 1. The van der Waals surface area contributed by atoms with Crippen molar-refractivity contribution in [2.45, 2.75) is 37.8 Å². The number of nitrogens with zero attached hydrogens (tertiary/aromatic N) is 4. The van der Waals surface area contributed by atoms with Crippen molar-refractivity contribution in [3.05, 3.63) is 35.1 Å². The van der Waals surface area contributed by atoms with Crippen molar-refractivity contribution in [3.8, 4) is 17.0 Å². The summed E-state index contributed by atoms with van der Waals surface area (Å²) >= 11 is 3.51. The molecule has 0 radical (unpaired) electrons. The van der Waals surface area contributed by atoms with E-state index in [1.165, 1.54) is 6.33 Å². The lowest BCUT2D eigenvalue weighted by atomic mass is 9.93. The van der Waals surface area contributed by atoms with Gasteiger partial charge in [-0.1, -0.05) is 15.9 Å². The fraction of sp³-hybridized carbons (Fsp3) is 0.389. The molecule has 2 aromatic heterocycles. The van der Waals surface area contributed by atoms with Crippen LogP contribution in [0.2, 0.25) is 0 Å². The Morgan fingerprint density at radius 2 is 2.04 bits per heavy atom. The average Bonchev–Trinajstić information content (AvgIpc) is 3.12. The molecule has 26 heavy (non-hydrogen) atoms. The minimum absolute atomic E-state index is 0.182. The molecule has 0 bridgehead atoms. The largest absolute Gasteiger partial charge is 0.496 e. The molecule has 0 unspecified atom stereocenters. The van der Waals surface area contributed by atoms with Gasteiger partial charge in [0.2, 0.25) is 0 Å². The second-order valence-corrected chi connectivity index (χ2v) is 7.41. The first kappa shape index (κ1) is 17.2. The molecule has 2 heterocycles. The Morgan fingerprint density at radius 3 is 2.81 bits per heavy atom. The number of methoxy groups -OCH3 is 1. The molecule has 3 aromatic rings. The van der Waals surface area contributed by atoms with Crippen molar-refractivity contribution in [1.82, 2.24) is 19.6 Å². The summed E-state index contributed by atoms with van der Waals surface area (Å²) < 4.78 is 8.16. The molecule has 0 saturated heterocycles. The van der Waals surface area contributed by atoms with Crippen molar-refractivity contribution in [3.63, 3.8) is 0 Å².